The van der Waals surface area contributed by atoms with Crippen molar-refractivity contribution in [3.63, 3.8) is 0 Å². The Kier molecular flexibility index (Phi) is 4.71. The van der Waals surface area contributed by atoms with E-state index < -0.39 is 22.7 Å². The smallest absolute Gasteiger partial charge is 0.406 e. The molecule has 0 radical (unpaired) electrons. The maximum absolute atomic E-state index is 12.1. The molecule has 0 bridgehead atoms. The number of nitrogens with one attached hydrogen (secondary N) is 1. The van der Waals surface area contributed by atoms with Crippen LogP contribution in [0.4, 0.5) is 24.5 Å². The summed E-state index contributed by atoms with van der Waals surface area (Å²) in [6.07, 6.45) is -3.42. The van der Waals surface area contributed by atoms with Crippen LogP contribution in [0.5, 0.6) is 5.75 Å². The van der Waals surface area contributed by atoms with Gasteiger partial charge in [0, 0.05) is 11.1 Å². The number of nitro groups is 1. The number of thiazole rings is 1. The molecule has 11 heteroatoms. The molecule has 0 aliphatic heterocycles. The highest BCUT2D eigenvalue weighted by atomic mass is 35.5. The lowest BCUT2D eigenvalue weighted by molar-refractivity contribution is -0.384. The number of ether oxygens (including phenoxy) is 1. The molecule has 0 amide bonds. The Bertz CT molecular complexity index is 693. The Morgan fingerprint density at radius 1 is 1.45 bits per heavy atom. The zero-order chi connectivity index (χ0) is 16.3. The average Bonchev–Trinajstić information content (AvgIpc) is 2.81. The van der Waals surface area contributed by atoms with Crippen LogP contribution in [-0.2, 0) is 6.54 Å². The number of hydrogen-bond acceptors (Lipinski definition) is 6. The summed E-state index contributed by atoms with van der Waals surface area (Å²) in [7, 11) is 0. The van der Waals surface area contributed by atoms with Gasteiger partial charge in [0.1, 0.15) is 11.4 Å². The third-order valence-corrected chi connectivity index (χ3v) is 3.49. The lowest BCUT2D eigenvalue weighted by atomic mass is 10.2. The van der Waals surface area contributed by atoms with Gasteiger partial charge in [-0.2, -0.15) is 0 Å². The van der Waals surface area contributed by atoms with Gasteiger partial charge in [-0.05, 0) is 12.1 Å². The van der Waals surface area contributed by atoms with Gasteiger partial charge in [-0.3, -0.25) is 10.1 Å². The summed E-state index contributed by atoms with van der Waals surface area (Å²) in [5, 5.41) is 13.7. The number of nitrogens with zero attached hydrogens (tertiary/aromatic N) is 2. The van der Waals surface area contributed by atoms with Gasteiger partial charge in [-0.1, -0.05) is 11.6 Å². The molecule has 0 unspecified atom stereocenters. The predicted molar refractivity (Wildman–Crippen MR) is 74.2 cm³/mol. The number of anilines is 1. The number of alkyl halides is 3. The molecule has 6 nitrogen and oxygen atoms in total. The maximum Gasteiger partial charge on any atom is 0.573 e. The minimum absolute atomic E-state index is 0.0593. The van der Waals surface area contributed by atoms with Crippen molar-refractivity contribution in [1.82, 2.24) is 4.98 Å². The molecule has 0 atom stereocenters. The van der Waals surface area contributed by atoms with E-state index in [2.05, 4.69) is 15.0 Å². The molecule has 1 heterocycles. The van der Waals surface area contributed by atoms with Crippen molar-refractivity contribution in [3.8, 4) is 5.75 Å². The molecular formula is C11H7ClF3N3O3S. The Balaban J connectivity index is 2.18. The van der Waals surface area contributed by atoms with Gasteiger partial charge in [-0.25, -0.2) is 4.98 Å². The molecule has 1 aromatic heterocycles. The monoisotopic (exact) mass is 353 g/mol. The zero-order valence-electron chi connectivity index (χ0n) is 10.6. The van der Waals surface area contributed by atoms with Crippen molar-refractivity contribution < 1.29 is 22.8 Å². The Labute approximate surface area is 130 Å². The molecule has 0 fully saturated rings. The summed E-state index contributed by atoms with van der Waals surface area (Å²) in [6, 6.07) is 2.83. The second-order valence-corrected chi connectivity index (χ2v) is 5.61. The van der Waals surface area contributed by atoms with Crippen LogP contribution in [0.15, 0.2) is 24.4 Å². The van der Waals surface area contributed by atoms with Gasteiger partial charge in [0.25, 0.3) is 5.69 Å². The number of benzene rings is 1. The quantitative estimate of drug-likeness (QED) is 0.643. The highest BCUT2D eigenvalue weighted by molar-refractivity contribution is 7.15. The third kappa shape index (κ3) is 4.46. The van der Waals surface area contributed by atoms with E-state index >= 15 is 0 Å². The first kappa shape index (κ1) is 16.3. The summed E-state index contributed by atoms with van der Waals surface area (Å²) in [5.74, 6) is -0.661. The standard InChI is InChI=1S/C11H7ClF3N3O3S/c12-10-17-5-7(22-10)4-16-8-2-1-6(21-11(13,14)15)3-9(8)18(19)20/h1-3,5,16H,4H2. The minimum atomic E-state index is -4.91. The van der Waals surface area contributed by atoms with Crippen LogP contribution in [0.2, 0.25) is 4.47 Å². The molecule has 2 aromatic rings. The van der Waals surface area contributed by atoms with E-state index in [0.717, 1.165) is 17.0 Å². The molecular weight excluding hydrogens is 347 g/mol. The highest BCUT2D eigenvalue weighted by Gasteiger charge is 2.32. The molecule has 0 spiro atoms. The first-order valence-corrected chi connectivity index (χ1v) is 6.82. The third-order valence-electron chi connectivity index (χ3n) is 2.38. The van der Waals surface area contributed by atoms with Gasteiger partial charge >= 0.3 is 6.36 Å². The average molecular weight is 354 g/mol. The van der Waals surface area contributed by atoms with Crippen molar-refractivity contribution in [1.29, 1.82) is 0 Å². The fourth-order valence-corrected chi connectivity index (χ4v) is 2.47. The fraction of sp³-hybridized carbons (Fsp3) is 0.182. The number of hydrogen-bond donors (Lipinski definition) is 1. The van der Waals surface area contributed by atoms with Crippen molar-refractivity contribution in [2.75, 3.05) is 5.32 Å². The van der Waals surface area contributed by atoms with Crippen molar-refractivity contribution in [2.45, 2.75) is 12.9 Å². The summed E-state index contributed by atoms with van der Waals surface area (Å²) < 4.78 is 40.3. The van der Waals surface area contributed by atoms with Crippen LogP contribution in [-0.4, -0.2) is 16.3 Å². The van der Waals surface area contributed by atoms with E-state index in [1.165, 1.54) is 17.5 Å². The van der Waals surface area contributed by atoms with Crippen LogP contribution in [0.3, 0.4) is 0 Å². The minimum Gasteiger partial charge on any atom is -0.406 e. The van der Waals surface area contributed by atoms with Crippen LogP contribution in [0, 0.1) is 10.1 Å². The first-order chi connectivity index (χ1) is 10.2. The van der Waals surface area contributed by atoms with E-state index in [9.17, 15) is 23.3 Å². The van der Waals surface area contributed by atoms with Gasteiger partial charge in [0.05, 0.1) is 17.5 Å². The van der Waals surface area contributed by atoms with Gasteiger partial charge in [0.2, 0.25) is 0 Å². The van der Waals surface area contributed by atoms with Gasteiger partial charge < -0.3 is 10.1 Å². The largest absolute Gasteiger partial charge is 0.573 e. The molecule has 1 aromatic carbocycles. The SMILES string of the molecule is O=[N+]([O-])c1cc(OC(F)(F)F)ccc1NCc1cnc(Cl)s1. The lowest BCUT2D eigenvalue weighted by Crippen LogP contribution is -2.17. The number of aromatic nitrogens is 1. The molecule has 0 saturated carbocycles. The van der Waals surface area contributed by atoms with Crippen molar-refractivity contribution >= 4 is 34.3 Å². The Morgan fingerprint density at radius 3 is 2.73 bits per heavy atom. The van der Waals surface area contributed by atoms with E-state index in [1.807, 2.05) is 0 Å². The van der Waals surface area contributed by atoms with Crippen molar-refractivity contribution in [3.05, 3.63) is 43.9 Å². The first-order valence-electron chi connectivity index (χ1n) is 5.63. The molecule has 1 N–H and O–H groups in total. The topological polar surface area (TPSA) is 77.3 Å². The molecule has 0 aliphatic carbocycles. The highest BCUT2D eigenvalue weighted by Crippen LogP contribution is 2.32. The second-order valence-electron chi connectivity index (χ2n) is 3.92. The van der Waals surface area contributed by atoms with Gasteiger partial charge in [0.15, 0.2) is 4.47 Å². The molecule has 0 saturated heterocycles. The van der Waals surface area contributed by atoms with Crippen LogP contribution >= 0.6 is 22.9 Å². The molecule has 0 aliphatic rings. The summed E-state index contributed by atoms with van der Waals surface area (Å²) in [6.45, 7) is 0.199. The van der Waals surface area contributed by atoms with Crippen molar-refractivity contribution in [2.24, 2.45) is 0 Å². The Morgan fingerprint density at radius 2 is 2.18 bits per heavy atom. The van der Waals surface area contributed by atoms with E-state index in [1.54, 1.807) is 0 Å². The van der Waals surface area contributed by atoms with Crippen LogP contribution in [0.1, 0.15) is 4.88 Å². The van der Waals surface area contributed by atoms with E-state index in [4.69, 9.17) is 11.6 Å². The predicted octanol–water partition coefficient (Wildman–Crippen LogP) is 4.22. The molecule has 2 rings (SSSR count). The summed E-state index contributed by atoms with van der Waals surface area (Å²) in [5.41, 5.74) is -0.471. The van der Waals surface area contributed by atoms with E-state index in [-0.39, 0.29) is 12.2 Å². The molecule has 22 heavy (non-hydrogen) atoms. The zero-order valence-corrected chi connectivity index (χ0v) is 12.1. The summed E-state index contributed by atoms with van der Waals surface area (Å²) >= 11 is 6.84. The lowest BCUT2D eigenvalue weighted by Gasteiger charge is -2.10. The summed E-state index contributed by atoms with van der Waals surface area (Å²) in [4.78, 5) is 14.7. The second kappa shape index (κ2) is 6.36. The fourth-order valence-electron chi connectivity index (χ4n) is 1.56. The molecule has 118 valence electrons. The normalized spacial score (nSPS) is 11.3. The number of rotatable bonds is 5. The number of halogens is 4. The Hall–Kier alpha value is -2.07. The van der Waals surface area contributed by atoms with Gasteiger partial charge in [-0.15, -0.1) is 24.5 Å². The maximum atomic E-state index is 12.1. The van der Waals surface area contributed by atoms with Crippen LogP contribution in [0.25, 0.3) is 0 Å². The van der Waals surface area contributed by atoms with E-state index in [0.29, 0.717) is 10.5 Å². The van der Waals surface area contributed by atoms with Crippen LogP contribution < -0.4 is 10.1 Å². The number of nitro benzene ring substituents is 1.